The van der Waals surface area contributed by atoms with Gasteiger partial charge >= 0.3 is 0 Å². The molecule has 2 N–H and O–H groups in total. The average Bonchev–Trinajstić information content (AvgIpc) is 2.77. The summed E-state index contributed by atoms with van der Waals surface area (Å²) in [5.41, 5.74) is 1.37. The molecule has 4 heteroatoms. The van der Waals surface area contributed by atoms with E-state index in [0.717, 1.165) is 36.8 Å². The summed E-state index contributed by atoms with van der Waals surface area (Å²) in [5, 5.41) is 16.4. The fraction of sp³-hybridized carbons (Fsp3) is 0.615. The van der Waals surface area contributed by atoms with Crippen LogP contribution < -0.4 is 5.32 Å². The van der Waals surface area contributed by atoms with Crippen molar-refractivity contribution in [3.8, 4) is 0 Å². The van der Waals surface area contributed by atoms with E-state index >= 15 is 0 Å². The van der Waals surface area contributed by atoms with Crippen LogP contribution in [0, 0.1) is 6.92 Å². The minimum Gasteiger partial charge on any atom is -0.394 e. The molecular formula is C13H19NO2S. The Bertz CT molecular complexity index is 394. The molecule has 0 saturated heterocycles. The van der Waals surface area contributed by atoms with Gasteiger partial charge in [0.1, 0.15) is 0 Å². The van der Waals surface area contributed by atoms with Gasteiger partial charge in [-0.2, -0.15) is 11.3 Å². The highest BCUT2D eigenvalue weighted by Gasteiger charge is 2.33. The molecule has 1 saturated carbocycles. The van der Waals surface area contributed by atoms with E-state index in [1.54, 1.807) is 0 Å². The summed E-state index contributed by atoms with van der Waals surface area (Å²) in [6.45, 7) is 1.99. The van der Waals surface area contributed by atoms with E-state index in [1.807, 2.05) is 17.7 Å². The number of thiophene rings is 1. The highest BCUT2D eigenvalue weighted by molar-refractivity contribution is 7.08. The third kappa shape index (κ3) is 2.69. The van der Waals surface area contributed by atoms with Crippen LogP contribution in [0.5, 0.6) is 0 Å². The second-order valence-corrected chi connectivity index (χ2v) is 5.67. The summed E-state index contributed by atoms with van der Waals surface area (Å²) in [4.78, 5) is 12.1. The predicted octanol–water partition coefficient (Wildman–Crippen LogP) is 2.48. The fourth-order valence-corrected chi connectivity index (χ4v) is 3.28. The Kier molecular flexibility index (Phi) is 3.84. The van der Waals surface area contributed by atoms with E-state index in [1.165, 1.54) is 17.8 Å². The highest BCUT2D eigenvalue weighted by Crippen LogP contribution is 2.28. The van der Waals surface area contributed by atoms with Gasteiger partial charge in [0, 0.05) is 5.38 Å². The van der Waals surface area contributed by atoms with Crippen molar-refractivity contribution in [2.24, 2.45) is 0 Å². The quantitative estimate of drug-likeness (QED) is 0.869. The topological polar surface area (TPSA) is 49.3 Å². The second kappa shape index (κ2) is 5.19. The van der Waals surface area contributed by atoms with Gasteiger partial charge in [-0.05, 0) is 30.7 Å². The Morgan fingerprint density at radius 1 is 1.41 bits per heavy atom. The van der Waals surface area contributed by atoms with Crippen molar-refractivity contribution < 1.29 is 9.90 Å². The summed E-state index contributed by atoms with van der Waals surface area (Å²) in [6, 6.07) is 0. The lowest BCUT2D eigenvalue weighted by Gasteiger charge is -2.36. The lowest BCUT2D eigenvalue weighted by atomic mass is 9.82. The number of aliphatic hydroxyl groups excluding tert-OH is 1. The van der Waals surface area contributed by atoms with Crippen molar-refractivity contribution >= 4 is 17.2 Å². The molecule has 1 heterocycles. The summed E-state index contributed by atoms with van der Waals surface area (Å²) in [7, 11) is 0. The molecule has 0 aliphatic heterocycles. The maximum absolute atomic E-state index is 12.1. The van der Waals surface area contributed by atoms with E-state index < -0.39 is 0 Å². The zero-order valence-electron chi connectivity index (χ0n) is 10.2. The van der Waals surface area contributed by atoms with E-state index in [4.69, 9.17) is 0 Å². The Morgan fingerprint density at radius 2 is 2.12 bits per heavy atom. The SMILES string of the molecule is Cc1cscc1C(=O)NC1(CO)CCCCC1. The zero-order valence-corrected chi connectivity index (χ0v) is 11.0. The molecule has 94 valence electrons. The molecule has 3 nitrogen and oxygen atoms in total. The Balaban J connectivity index is 2.08. The number of aliphatic hydroxyl groups is 1. The minimum atomic E-state index is -0.385. The smallest absolute Gasteiger partial charge is 0.252 e. The van der Waals surface area contributed by atoms with Gasteiger partial charge in [-0.15, -0.1) is 0 Å². The van der Waals surface area contributed by atoms with Crippen molar-refractivity contribution in [3.63, 3.8) is 0 Å². The van der Waals surface area contributed by atoms with Crippen LogP contribution in [0.1, 0.15) is 48.0 Å². The Hall–Kier alpha value is -0.870. The van der Waals surface area contributed by atoms with E-state index in [0.29, 0.717) is 0 Å². The number of rotatable bonds is 3. The number of carbonyl (C=O) groups is 1. The Morgan fingerprint density at radius 3 is 2.65 bits per heavy atom. The van der Waals surface area contributed by atoms with Crippen molar-refractivity contribution in [1.82, 2.24) is 5.32 Å². The molecule has 1 aromatic rings. The molecule has 2 rings (SSSR count). The van der Waals surface area contributed by atoms with Crippen molar-refractivity contribution in [2.75, 3.05) is 6.61 Å². The number of hydrogen-bond acceptors (Lipinski definition) is 3. The van der Waals surface area contributed by atoms with E-state index in [9.17, 15) is 9.90 Å². The fourth-order valence-electron chi connectivity index (χ4n) is 2.45. The predicted molar refractivity (Wildman–Crippen MR) is 69.4 cm³/mol. The van der Waals surface area contributed by atoms with Crippen molar-refractivity contribution in [1.29, 1.82) is 0 Å². The largest absolute Gasteiger partial charge is 0.394 e. The standard InChI is InChI=1S/C13H19NO2S/c1-10-7-17-8-11(10)12(16)14-13(9-15)5-3-2-4-6-13/h7-8,15H,2-6,9H2,1H3,(H,14,16). The molecule has 1 aromatic heterocycles. The number of hydrogen-bond donors (Lipinski definition) is 2. The van der Waals surface area contributed by atoms with E-state index in [2.05, 4.69) is 5.32 Å². The van der Waals surface area contributed by atoms with Crippen LogP contribution in [0.15, 0.2) is 10.8 Å². The first-order valence-corrected chi connectivity index (χ1v) is 7.07. The third-order valence-electron chi connectivity index (χ3n) is 3.59. The van der Waals surface area contributed by atoms with Crippen molar-refractivity contribution in [3.05, 3.63) is 21.9 Å². The van der Waals surface area contributed by atoms with Crippen LogP contribution in [0.2, 0.25) is 0 Å². The molecule has 1 amide bonds. The molecule has 0 radical (unpaired) electrons. The van der Waals surface area contributed by atoms with Gasteiger partial charge < -0.3 is 10.4 Å². The van der Waals surface area contributed by atoms with Gasteiger partial charge in [0.15, 0.2) is 0 Å². The molecule has 17 heavy (non-hydrogen) atoms. The van der Waals surface area contributed by atoms with Crippen LogP contribution in [0.4, 0.5) is 0 Å². The van der Waals surface area contributed by atoms with E-state index in [-0.39, 0.29) is 18.1 Å². The molecule has 0 spiro atoms. The minimum absolute atomic E-state index is 0.0419. The molecule has 1 fully saturated rings. The van der Waals surface area contributed by atoms with Crippen LogP contribution in [0.3, 0.4) is 0 Å². The number of aryl methyl sites for hydroxylation is 1. The molecular weight excluding hydrogens is 234 g/mol. The zero-order chi connectivity index (χ0) is 12.3. The average molecular weight is 253 g/mol. The van der Waals surface area contributed by atoms with Gasteiger partial charge in [-0.3, -0.25) is 4.79 Å². The molecule has 0 atom stereocenters. The van der Waals surface area contributed by atoms with Gasteiger partial charge in [-0.1, -0.05) is 19.3 Å². The molecule has 0 aromatic carbocycles. The highest BCUT2D eigenvalue weighted by atomic mass is 32.1. The van der Waals surface area contributed by atoms with Gasteiger partial charge in [-0.25, -0.2) is 0 Å². The molecule has 1 aliphatic rings. The second-order valence-electron chi connectivity index (χ2n) is 4.92. The molecule has 0 bridgehead atoms. The van der Waals surface area contributed by atoms with Gasteiger partial charge in [0.25, 0.3) is 5.91 Å². The normalized spacial score (nSPS) is 18.9. The summed E-state index contributed by atoms with van der Waals surface area (Å²) in [6.07, 6.45) is 5.15. The number of amides is 1. The van der Waals surface area contributed by atoms with Gasteiger partial charge in [0.05, 0.1) is 17.7 Å². The summed E-state index contributed by atoms with van der Waals surface area (Å²) in [5.74, 6) is -0.0419. The maximum Gasteiger partial charge on any atom is 0.252 e. The molecule has 1 aliphatic carbocycles. The maximum atomic E-state index is 12.1. The number of carbonyl (C=O) groups excluding carboxylic acids is 1. The first-order valence-electron chi connectivity index (χ1n) is 6.13. The Labute approximate surface area is 106 Å². The monoisotopic (exact) mass is 253 g/mol. The first kappa shape index (κ1) is 12.6. The van der Waals surface area contributed by atoms with Crippen LogP contribution in [-0.4, -0.2) is 23.2 Å². The van der Waals surface area contributed by atoms with Gasteiger partial charge in [0.2, 0.25) is 0 Å². The lowest BCUT2D eigenvalue weighted by Crippen LogP contribution is -2.52. The van der Waals surface area contributed by atoms with Crippen LogP contribution >= 0.6 is 11.3 Å². The molecule has 0 unspecified atom stereocenters. The number of nitrogens with one attached hydrogen (secondary N) is 1. The van der Waals surface area contributed by atoms with Crippen LogP contribution in [-0.2, 0) is 0 Å². The van der Waals surface area contributed by atoms with Crippen LogP contribution in [0.25, 0.3) is 0 Å². The first-order chi connectivity index (χ1) is 8.17. The third-order valence-corrected chi connectivity index (χ3v) is 4.45. The lowest BCUT2D eigenvalue weighted by molar-refractivity contribution is 0.0758. The van der Waals surface area contributed by atoms with Crippen molar-refractivity contribution in [2.45, 2.75) is 44.6 Å². The summed E-state index contributed by atoms with van der Waals surface area (Å²) < 4.78 is 0. The summed E-state index contributed by atoms with van der Waals surface area (Å²) >= 11 is 1.54.